The average molecular weight is 474 g/mol. The van der Waals surface area contributed by atoms with Crippen LogP contribution in [-0.2, 0) is 22.6 Å². The summed E-state index contributed by atoms with van der Waals surface area (Å²) in [5.74, 6) is -1.78. The van der Waals surface area contributed by atoms with Crippen molar-refractivity contribution in [2.24, 2.45) is 0 Å². The number of rotatable bonds is 4. The van der Waals surface area contributed by atoms with E-state index in [9.17, 15) is 24.5 Å². The summed E-state index contributed by atoms with van der Waals surface area (Å²) in [6, 6.07) is 12.1. The minimum absolute atomic E-state index is 0.0507. The molecule has 3 aromatic rings. The molecule has 5 rings (SSSR count). The average Bonchev–Trinajstić information content (AvgIpc) is 2.84. The van der Waals surface area contributed by atoms with Gasteiger partial charge in [-0.2, -0.15) is 4.98 Å². The normalized spacial score (nSPS) is 16.7. The van der Waals surface area contributed by atoms with Gasteiger partial charge < -0.3 is 15.5 Å². The van der Waals surface area contributed by atoms with E-state index in [0.29, 0.717) is 24.6 Å². The summed E-state index contributed by atoms with van der Waals surface area (Å²) in [5.41, 5.74) is 2.59. The largest absolute Gasteiger partial charge is 0.338 e. The number of nitrogens with zero attached hydrogens (tertiary/aromatic N) is 3. The Kier molecular flexibility index (Phi) is 5.51. The van der Waals surface area contributed by atoms with Gasteiger partial charge in [0.1, 0.15) is 5.82 Å². The number of hydrogen-bond acceptors (Lipinski definition) is 7. The fourth-order valence-electron chi connectivity index (χ4n) is 4.49. The molecular weight excluding hydrogens is 452 g/mol. The van der Waals surface area contributed by atoms with Crippen LogP contribution in [0, 0.1) is 17.0 Å². The van der Waals surface area contributed by atoms with E-state index in [1.54, 1.807) is 6.92 Å². The molecular formula is C24H22N6O5. The third-order valence-electron chi connectivity index (χ3n) is 6.38. The number of aryl methyl sites for hydroxylation is 1. The summed E-state index contributed by atoms with van der Waals surface area (Å²) < 4.78 is 0. The molecule has 178 valence electrons. The Morgan fingerprint density at radius 1 is 1.20 bits per heavy atom. The third kappa shape index (κ3) is 4.23. The summed E-state index contributed by atoms with van der Waals surface area (Å²) in [5, 5.41) is 16.4. The van der Waals surface area contributed by atoms with Gasteiger partial charge in [-0.3, -0.25) is 29.5 Å². The first-order valence-corrected chi connectivity index (χ1v) is 11.1. The number of H-pyrrole nitrogens is 1. The van der Waals surface area contributed by atoms with Crippen molar-refractivity contribution in [2.45, 2.75) is 32.2 Å². The predicted molar refractivity (Wildman–Crippen MR) is 129 cm³/mol. The Morgan fingerprint density at radius 2 is 1.97 bits per heavy atom. The lowest BCUT2D eigenvalue weighted by molar-refractivity contribution is -0.384. The van der Waals surface area contributed by atoms with E-state index < -0.39 is 28.2 Å². The van der Waals surface area contributed by atoms with Gasteiger partial charge >= 0.3 is 0 Å². The van der Waals surface area contributed by atoms with Crippen molar-refractivity contribution in [3.63, 3.8) is 0 Å². The lowest BCUT2D eigenvalue weighted by Gasteiger charge is -2.30. The van der Waals surface area contributed by atoms with Gasteiger partial charge in [0, 0.05) is 31.6 Å². The van der Waals surface area contributed by atoms with E-state index in [4.69, 9.17) is 0 Å². The van der Waals surface area contributed by atoms with E-state index in [-0.39, 0.29) is 29.2 Å². The highest BCUT2D eigenvalue weighted by atomic mass is 16.6. The van der Waals surface area contributed by atoms with Gasteiger partial charge in [0.05, 0.1) is 22.1 Å². The zero-order valence-corrected chi connectivity index (χ0v) is 18.8. The number of carbonyl (C=O) groups is 2. The second-order valence-corrected chi connectivity index (χ2v) is 8.64. The van der Waals surface area contributed by atoms with Gasteiger partial charge in [-0.1, -0.05) is 30.3 Å². The first kappa shape index (κ1) is 22.3. The molecule has 0 aliphatic carbocycles. The molecule has 2 amide bonds. The lowest BCUT2D eigenvalue weighted by atomic mass is 9.92. The lowest BCUT2D eigenvalue weighted by Crippen LogP contribution is -2.39. The molecule has 0 spiro atoms. The van der Waals surface area contributed by atoms with Crippen molar-refractivity contribution in [3.05, 3.63) is 85.2 Å². The van der Waals surface area contributed by atoms with Crippen molar-refractivity contribution in [1.82, 2.24) is 9.97 Å². The minimum atomic E-state index is -1.09. The van der Waals surface area contributed by atoms with E-state index in [1.807, 2.05) is 23.1 Å². The quantitative estimate of drug-likeness (QED) is 0.388. The molecule has 2 aliphatic heterocycles. The number of amides is 2. The van der Waals surface area contributed by atoms with Gasteiger partial charge in [0.15, 0.2) is 0 Å². The summed E-state index contributed by atoms with van der Waals surface area (Å²) in [4.78, 5) is 58.4. The second kappa shape index (κ2) is 8.67. The van der Waals surface area contributed by atoms with Gasteiger partial charge in [0.25, 0.3) is 11.2 Å². The fraction of sp³-hybridized carbons (Fsp3) is 0.250. The van der Waals surface area contributed by atoms with Crippen molar-refractivity contribution in [2.75, 3.05) is 22.1 Å². The maximum absolute atomic E-state index is 13.1. The molecule has 3 N–H and O–H groups in total. The Hall–Kier alpha value is -4.54. The van der Waals surface area contributed by atoms with E-state index in [1.165, 1.54) is 23.8 Å². The SMILES string of the molecule is Cc1ccc([N+](=O)[O-])cc1NC(=O)[C@@H]1CC(=O)Nc2nc(N3CCc4ccccc4C3)[nH]c(=O)c21. The number of nitro groups is 1. The van der Waals surface area contributed by atoms with Crippen molar-refractivity contribution in [1.29, 1.82) is 0 Å². The standard InChI is InChI=1S/C24H22N6O5/c1-13-6-7-16(30(34)35)10-18(13)25-22(32)17-11-19(31)26-21-20(17)23(33)28-24(27-21)29-9-8-14-4-2-3-5-15(14)12-29/h2-7,10,17H,8-9,11-12H2,1H3,(H,25,32)(H2,26,27,28,31,33)/t17-/m1/s1. The number of non-ortho nitro benzene ring substituents is 1. The molecule has 2 aliphatic rings. The van der Waals surface area contributed by atoms with Crippen LogP contribution < -0.4 is 21.1 Å². The molecule has 0 fully saturated rings. The monoisotopic (exact) mass is 474 g/mol. The molecule has 11 nitrogen and oxygen atoms in total. The van der Waals surface area contributed by atoms with Crippen LogP contribution in [0.25, 0.3) is 0 Å². The van der Waals surface area contributed by atoms with Crippen LogP contribution in [0.3, 0.4) is 0 Å². The molecule has 0 bridgehead atoms. The van der Waals surface area contributed by atoms with Crippen LogP contribution >= 0.6 is 0 Å². The highest BCUT2D eigenvalue weighted by molar-refractivity contribution is 6.04. The Bertz CT molecular complexity index is 1430. The molecule has 0 unspecified atom stereocenters. The summed E-state index contributed by atoms with van der Waals surface area (Å²) in [6.07, 6.45) is 0.547. The molecule has 1 atom stereocenters. The number of aromatic nitrogens is 2. The number of carbonyl (C=O) groups excluding carboxylic acids is 2. The smallest absolute Gasteiger partial charge is 0.271 e. The Balaban J connectivity index is 1.45. The van der Waals surface area contributed by atoms with E-state index in [0.717, 1.165) is 12.0 Å². The number of nitrogens with one attached hydrogen (secondary N) is 3. The van der Waals surface area contributed by atoms with Gasteiger partial charge in [-0.15, -0.1) is 0 Å². The third-order valence-corrected chi connectivity index (χ3v) is 6.38. The van der Waals surface area contributed by atoms with Gasteiger partial charge in [-0.25, -0.2) is 0 Å². The van der Waals surface area contributed by atoms with Crippen LogP contribution in [-0.4, -0.2) is 33.3 Å². The van der Waals surface area contributed by atoms with E-state index in [2.05, 4.69) is 26.7 Å². The zero-order chi connectivity index (χ0) is 24.7. The number of hydrogen-bond donors (Lipinski definition) is 3. The topological polar surface area (TPSA) is 150 Å². The number of aromatic amines is 1. The first-order valence-electron chi connectivity index (χ1n) is 11.1. The van der Waals surface area contributed by atoms with Crippen LogP contribution in [0.4, 0.5) is 23.1 Å². The number of benzene rings is 2. The van der Waals surface area contributed by atoms with Crippen LogP contribution in [0.15, 0.2) is 47.3 Å². The summed E-state index contributed by atoms with van der Waals surface area (Å²) in [7, 11) is 0. The second-order valence-electron chi connectivity index (χ2n) is 8.64. The van der Waals surface area contributed by atoms with Crippen LogP contribution in [0.2, 0.25) is 0 Å². The molecule has 0 saturated carbocycles. The fourth-order valence-corrected chi connectivity index (χ4v) is 4.49. The highest BCUT2D eigenvalue weighted by Crippen LogP contribution is 2.32. The molecule has 2 aromatic carbocycles. The number of fused-ring (bicyclic) bond motifs is 2. The molecule has 11 heteroatoms. The summed E-state index contributed by atoms with van der Waals surface area (Å²) >= 11 is 0. The molecule has 35 heavy (non-hydrogen) atoms. The van der Waals surface area contributed by atoms with Crippen molar-refractivity contribution < 1.29 is 14.5 Å². The van der Waals surface area contributed by atoms with Crippen molar-refractivity contribution >= 4 is 35.0 Å². The van der Waals surface area contributed by atoms with Crippen LogP contribution in [0.1, 0.15) is 34.6 Å². The van der Waals surface area contributed by atoms with Crippen molar-refractivity contribution in [3.8, 4) is 0 Å². The molecule has 1 aromatic heterocycles. The molecule has 3 heterocycles. The Labute approximate surface area is 199 Å². The van der Waals surface area contributed by atoms with Gasteiger partial charge in [0.2, 0.25) is 17.8 Å². The molecule has 0 radical (unpaired) electrons. The molecule has 0 saturated heterocycles. The Morgan fingerprint density at radius 3 is 2.74 bits per heavy atom. The zero-order valence-electron chi connectivity index (χ0n) is 18.8. The predicted octanol–water partition coefficient (Wildman–Crippen LogP) is 2.61. The highest BCUT2D eigenvalue weighted by Gasteiger charge is 2.35. The first-order chi connectivity index (χ1) is 16.8. The maximum Gasteiger partial charge on any atom is 0.271 e. The maximum atomic E-state index is 13.1. The van der Waals surface area contributed by atoms with Gasteiger partial charge in [-0.05, 0) is 30.0 Å². The van der Waals surface area contributed by atoms with Crippen LogP contribution in [0.5, 0.6) is 0 Å². The minimum Gasteiger partial charge on any atom is -0.338 e. The number of nitro benzene ring substituents is 1. The summed E-state index contributed by atoms with van der Waals surface area (Å²) in [6.45, 7) is 2.89. The van der Waals surface area contributed by atoms with E-state index >= 15 is 0 Å². The number of anilines is 3.